The molecule has 0 heterocycles. The zero-order chi connectivity index (χ0) is 15.4. The SMILES string of the molecule is C[C@]12CC[C@H]3C(=CC=C4CCCC[C@@]43C)[C@@H]1CC[C@@H]2CCO. The standard InChI is InChI=1S/C21H32O/c1-20-12-4-3-5-15(20)6-8-17-18-9-7-16(11-14-22)21(18,2)13-10-19(17)20/h6,8,16,18-19,22H,3-5,7,9-14H2,1-2H3/t16-,18+,19+,20+,21-/m1/s1. The predicted molar refractivity (Wildman–Crippen MR) is 91.5 cm³/mol. The molecule has 1 nitrogen and oxygen atoms in total. The number of aliphatic hydroxyl groups excluding tert-OH is 1. The van der Waals surface area contributed by atoms with Crippen LogP contribution in [0.3, 0.4) is 0 Å². The van der Waals surface area contributed by atoms with Crippen molar-refractivity contribution in [3.05, 3.63) is 23.3 Å². The molecule has 0 aromatic carbocycles. The van der Waals surface area contributed by atoms with E-state index in [9.17, 15) is 5.11 Å². The van der Waals surface area contributed by atoms with Crippen LogP contribution in [-0.2, 0) is 0 Å². The van der Waals surface area contributed by atoms with Gasteiger partial charge < -0.3 is 5.11 Å². The lowest BCUT2D eigenvalue weighted by atomic mass is 9.50. The summed E-state index contributed by atoms with van der Waals surface area (Å²) in [6, 6.07) is 0. The Morgan fingerprint density at radius 3 is 2.73 bits per heavy atom. The lowest BCUT2D eigenvalue weighted by Gasteiger charge is -2.54. The summed E-state index contributed by atoms with van der Waals surface area (Å²) in [7, 11) is 0. The van der Waals surface area contributed by atoms with Crippen LogP contribution in [0.2, 0.25) is 0 Å². The Kier molecular flexibility index (Phi) is 3.56. The largest absolute Gasteiger partial charge is 0.396 e. The Labute approximate surface area is 135 Å². The molecule has 4 rings (SSSR count). The molecular weight excluding hydrogens is 268 g/mol. The molecule has 0 radical (unpaired) electrons. The summed E-state index contributed by atoms with van der Waals surface area (Å²) in [6.07, 6.45) is 17.1. The molecule has 0 aromatic rings. The minimum atomic E-state index is 0.372. The highest BCUT2D eigenvalue weighted by Crippen LogP contribution is 2.65. The van der Waals surface area contributed by atoms with Gasteiger partial charge in [-0.15, -0.1) is 0 Å². The van der Waals surface area contributed by atoms with Crippen molar-refractivity contribution in [2.45, 2.75) is 71.6 Å². The highest BCUT2D eigenvalue weighted by molar-refractivity contribution is 5.38. The fraction of sp³-hybridized carbons (Fsp3) is 0.810. The first-order chi connectivity index (χ1) is 10.6. The van der Waals surface area contributed by atoms with E-state index in [1.807, 2.05) is 0 Å². The van der Waals surface area contributed by atoms with Crippen molar-refractivity contribution in [3.63, 3.8) is 0 Å². The van der Waals surface area contributed by atoms with Crippen molar-refractivity contribution in [1.82, 2.24) is 0 Å². The summed E-state index contributed by atoms with van der Waals surface area (Å²) >= 11 is 0. The predicted octanol–water partition coefficient (Wildman–Crippen LogP) is 5.26. The van der Waals surface area contributed by atoms with Crippen molar-refractivity contribution in [1.29, 1.82) is 0 Å². The number of hydrogen-bond acceptors (Lipinski definition) is 1. The second-order valence-corrected chi connectivity index (χ2v) is 8.92. The summed E-state index contributed by atoms with van der Waals surface area (Å²) < 4.78 is 0. The van der Waals surface area contributed by atoms with Crippen LogP contribution in [0, 0.1) is 28.6 Å². The van der Waals surface area contributed by atoms with Crippen LogP contribution < -0.4 is 0 Å². The van der Waals surface area contributed by atoms with Crippen molar-refractivity contribution in [3.8, 4) is 0 Å². The van der Waals surface area contributed by atoms with E-state index in [0.717, 1.165) is 24.2 Å². The van der Waals surface area contributed by atoms with E-state index < -0.39 is 0 Å². The van der Waals surface area contributed by atoms with E-state index in [-0.39, 0.29) is 0 Å². The van der Waals surface area contributed by atoms with E-state index in [1.165, 1.54) is 51.4 Å². The molecule has 0 aliphatic heterocycles. The lowest BCUT2D eigenvalue weighted by molar-refractivity contribution is 0.0597. The maximum atomic E-state index is 9.44. The highest BCUT2D eigenvalue weighted by atomic mass is 16.3. The van der Waals surface area contributed by atoms with Gasteiger partial charge >= 0.3 is 0 Å². The second kappa shape index (κ2) is 5.23. The quantitative estimate of drug-likeness (QED) is 0.737. The highest BCUT2D eigenvalue weighted by Gasteiger charge is 2.55. The van der Waals surface area contributed by atoms with E-state index in [4.69, 9.17) is 0 Å². The maximum absolute atomic E-state index is 9.44. The normalized spacial score (nSPS) is 47.1. The molecule has 0 aromatic heterocycles. The molecule has 22 heavy (non-hydrogen) atoms. The van der Waals surface area contributed by atoms with Gasteiger partial charge in [0.1, 0.15) is 0 Å². The number of fused-ring (bicyclic) bond motifs is 5. The van der Waals surface area contributed by atoms with E-state index in [2.05, 4.69) is 26.0 Å². The Bertz CT molecular complexity index is 516. The van der Waals surface area contributed by atoms with Crippen LogP contribution in [-0.4, -0.2) is 11.7 Å². The lowest BCUT2D eigenvalue weighted by Crippen LogP contribution is -2.44. The molecule has 0 unspecified atom stereocenters. The summed E-state index contributed by atoms with van der Waals surface area (Å²) in [5.74, 6) is 2.35. The van der Waals surface area contributed by atoms with Gasteiger partial charge in [0.25, 0.3) is 0 Å². The first-order valence-electron chi connectivity index (χ1n) is 9.61. The van der Waals surface area contributed by atoms with E-state index in [0.29, 0.717) is 17.4 Å². The number of hydrogen-bond donors (Lipinski definition) is 1. The number of aliphatic hydroxyl groups is 1. The van der Waals surface area contributed by atoms with Gasteiger partial charge in [-0.25, -0.2) is 0 Å². The molecule has 5 atom stereocenters. The van der Waals surface area contributed by atoms with Crippen LogP contribution in [0.25, 0.3) is 0 Å². The zero-order valence-corrected chi connectivity index (χ0v) is 14.4. The molecule has 0 saturated heterocycles. The molecule has 4 aliphatic carbocycles. The van der Waals surface area contributed by atoms with Crippen molar-refractivity contribution >= 4 is 0 Å². The number of allylic oxidation sites excluding steroid dienone is 4. The minimum Gasteiger partial charge on any atom is -0.396 e. The molecule has 4 aliphatic rings. The first-order valence-corrected chi connectivity index (χ1v) is 9.61. The van der Waals surface area contributed by atoms with Gasteiger partial charge in [-0.1, -0.05) is 43.6 Å². The Hall–Kier alpha value is -0.560. The molecular formula is C21H32O. The van der Waals surface area contributed by atoms with E-state index >= 15 is 0 Å². The average Bonchev–Trinajstić information content (AvgIpc) is 2.84. The Morgan fingerprint density at radius 1 is 1.05 bits per heavy atom. The molecule has 3 saturated carbocycles. The summed E-state index contributed by atoms with van der Waals surface area (Å²) in [6.45, 7) is 5.47. The van der Waals surface area contributed by atoms with Gasteiger partial charge in [-0.05, 0) is 80.0 Å². The molecule has 0 amide bonds. The summed E-state index contributed by atoms with van der Waals surface area (Å²) in [5.41, 5.74) is 4.48. The molecule has 1 heteroatoms. The molecule has 3 fully saturated rings. The smallest absolute Gasteiger partial charge is 0.0433 e. The fourth-order valence-electron chi connectivity index (χ4n) is 6.77. The average molecular weight is 300 g/mol. The summed E-state index contributed by atoms with van der Waals surface area (Å²) in [5, 5.41) is 9.44. The van der Waals surface area contributed by atoms with Crippen LogP contribution in [0.15, 0.2) is 23.3 Å². The molecule has 1 N–H and O–H groups in total. The van der Waals surface area contributed by atoms with Crippen molar-refractivity contribution < 1.29 is 5.11 Å². The molecule has 0 bridgehead atoms. The van der Waals surface area contributed by atoms with Gasteiger partial charge in [-0.3, -0.25) is 0 Å². The fourth-order valence-corrected chi connectivity index (χ4v) is 6.77. The Balaban J connectivity index is 1.69. The third-order valence-electron chi connectivity index (χ3n) is 8.16. The van der Waals surface area contributed by atoms with Crippen LogP contribution in [0.5, 0.6) is 0 Å². The summed E-state index contributed by atoms with van der Waals surface area (Å²) in [4.78, 5) is 0. The monoisotopic (exact) mass is 300 g/mol. The van der Waals surface area contributed by atoms with Crippen molar-refractivity contribution in [2.75, 3.05) is 6.61 Å². The maximum Gasteiger partial charge on any atom is 0.0433 e. The zero-order valence-electron chi connectivity index (χ0n) is 14.4. The van der Waals surface area contributed by atoms with Crippen molar-refractivity contribution in [2.24, 2.45) is 28.6 Å². The topological polar surface area (TPSA) is 20.2 Å². The van der Waals surface area contributed by atoms with Crippen LogP contribution in [0.4, 0.5) is 0 Å². The van der Waals surface area contributed by atoms with Gasteiger partial charge in [0, 0.05) is 6.61 Å². The molecule has 0 spiro atoms. The van der Waals surface area contributed by atoms with Gasteiger partial charge in [-0.2, -0.15) is 0 Å². The van der Waals surface area contributed by atoms with E-state index in [1.54, 1.807) is 11.1 Å². The van der Waals surface area contributed by atoms with Gasteiger partial charge in [0.15, 0.2) is 0 Å². The first kappa shape index (κ1) is 15.0. The van der Waals surface area contributed by atoms with Crippen LogP contribution in [0.1, 0.15) is 71.6 Å². The van der Waals surface area contributed by atoms with Gasteiger partial charge in [0.05, 0.1) is 0 Å². The molecule has 122 valence electrons. The van der Waals surface area contributed by atoms with Gasteiger partial charge in [0.2, 0.25) is 0 Å². The third-order valence-corrected chi connectivity index (χ3v) is 8.16. The second-order valence-electron chi connectivity index (χ2n) is 8.92. The third kappa shape index (κ3) is 1.94. The Morgan fingerprint density at radius 2 is 1.91 bits per heavy atom. The number of rotatable bonds is 2. The van der Waals surface area contributed by atoms with Crippen LogP contribution >= 0.6 is 0 Å². The minimum absolute atomic E-state index is 0.372.